The van der Waals surface area contributed by atoms with Crippen molar-refractivity contribution >= 4 is 15.9 Å². The van der Waals surface area contributed by atoms with Crippen LogP contribution in [0.15, 0.2) is 28.7 Å². The largest absolute Gasteiger partial charge is 0.371 e. The van der Waals surface area contributed by atoms with Gasteiger partial charge in [0.25, 0.3) is 0 Å². The first kappa shape index (κ1) is 10.7. The van der Waals surface area contributed by atoms with Crippen LogP contribution in [0, 0.1) is 0 Å². The third kappa shape index (κ3) is 4.44. The van der Waals surface area contributed by atoms with Crippen molar-refractivity contribution in [1.29, 1.82) is 0 Å². The Labute approximate surface area is 88.2 Å². The van der Waals surface area contributed by atoms with Crippen LogP contribution in [0.25, 0.3) is 0 Å². The van der Waals surface area contributed by atoms with Gasteiger partial charge >= 0.3 is 0 Å². The summed E-state index contributed by atoms with van der Waals surface area (Å²) in [6.45, 7) is 6.85. The summed E-state index contributed by atoms with van der Waals surface area (Å²) in [5.74, 6) is 0. The molecule has 0 fully saturated rings. The molecule has 0 N–H and O–H groups in total. The van der Waals surface area contributed by atoms with E-state index in [1.165, 1.54) is 5.56 Å². The Morgan fingerprint density at radius 1 is 1.31 bits per heavy atom. The predicted octanol–water partition coefficient (Wildman–Crippen LogP) is 3.76. The van der Waals surface area contributed by atoms with Crippen molar-refractivity contribution in [1.82, 2.24) is 0 Å². The third-order valence-electron chi connectivity index (χ3n) is 1.56. The van der Waals surface area contributed by atoms with Gasteiger partial charge in [-0.05, 0) is 38.5 Å². The molecule has 1 aromatic carbocycles. The van der Waals surface area contributed by atoms with Crippen LogP contribution in [0.2, 0.25) is 0 Å². The molecule has 1 aromatic rings. The highest BCUT2D eigenvalue weighted by molar-refractivity contribution is 9.10. The molecule has 1 rings (SSSR count). The van der Waals surface area contributed by atoms with Crippen LogP contribution in [0.3, 0.4) is 0 Å². The van der Waals surface area contributed by atoms with Crippen LogP contribution in [0.1, 0.15) is 26.3 Å². The normalized spacial score (nSPS) is 11.7. The Morgan fingerprint density at radius 3 is 2.54 bits per heavy atom. The van der Waals surface area contributed by atoms with E-state index in [2.05, 4.69) is 48.8 Å². The van der Waals surface area contributed by atoms with Crippen molar-refractivity contribution in [2.75, 3.05) is 0 Å². The Balaban J connectivity index is 2.55. The van der Waals surface area contributed by atoms with Gasteiger partial charge in [-0.25, -0.2) is 0 Å². The van der Waals surface area contributed by atoms with E-state index in [1.807, 2.05) is 12.1 Å². The second-order valence-electron chi connectivity index (χ2n) is 4.03. The molecule has 0 unspecified atom stereocenters. The summed E-state index contributed by atoms with van der Waals surface area (Å²) in [5.41, 5.74) is 1.13. The van der Waals surface area contributed by atoms with Crippen molar-refractivity contribution in [3.63, 3.8) is 0 Å². The lowest BCUT2D eigenvalue weighted by Gasteiger charge is -2.19. The van der Waals surface area contributed by atoms with Crippen molar-refractivity contribution in [3.8, 4) is 0 Å². The average molecular weight is 243 g/mol. The number of hydrogen-bond acceptors (Lipinski definition) is 1. The Morgan fingerprint density at radius 2 is 2.00 bits per heavy atom. The molecule has 1 nitrogen and oxygen atoms in total. The minimum Gasteiger partial charge on any atom is -0.371 e. The van der Waals surface area contributed by atoms with Crippen LogP contribution in [-0.2, 0) is 11.3 Å². The fourth-order valence-corrected chi connectivity index (χ4v) is 1.37. The number of rotatable bonds is 2. The second-order valence-corrected chi connectivity index (χ2v) is 4.95. The Bertz CT molecular complexity index is 276. The molecule has 0 aliphatic carbocycles. The highest BCUT2D eigenvalue weighted by Gasteiger charge is 2.09. The molecule has 13 heavy (non-hydrogen) atoms. The highest BCUT2D eigenvalue weighted by Crippen LogP contribution is 2.15. The smallest absolute Gasteiger partial charge is 0.0724 e. The van der Waals surface area contributed by atoms with Crippen LogP contribution in [0.5, 0.6) is 0 Å². The lowest BCUT2D eigenvalue weighted by atomic mass is 10.2. The molecule has 0 aromatic heterocycles. The summed E-state index contributed by atoms with van der Waals surface area (Å²) in [4.78, 5) is 0. The number of benzene rings is 1. The van der Waals surface area contributed by atoms with Gasteiger partial charge in [-0.2, -0.15) is 0 Å². The van der Waals surface area contributed by atoms with Crippen molar-refractivity contribution < 1.29 is 4.74 Å². The van der Waals surface area contributed by atoms with Crippen LogP contribution >= 0.6 is 15.9 Å². The standard InChI is InChI=1S/C11H15BrO/c1-11(2,3)13-8-9-5-4-6-10(12)7-9/h4-7H,8H2,1-3H3. The van der Waals surface area contributed by atoms with Gasteiger partial charge < -0.3 is 4.74 Å². The van der Waals surface area contributed by atoms with Gasteiger partial charge in [0.1, 0.15) is 0 Å². The maximum absolute atomic E-state index is 5.65. The van der Waals surface area contributed by atoms with E-state index in [9.17, 15) is 0 Å². The average Bonchev–Trinajstić information content (AvgIpc) is 2.00. The molecular weight excluding hydrogens is 228 g/mol. The monoisotopic (exact) mass is 242 g/mol. The lowest BCUT2D eigenvalue weighted by Crippen LogP contribution is -2.18. The van der Waals surface area contributed by atoms with E-state index in [1.54, 1.807) is 0 Å². The quantitative estimate of drug-likeness (QED) is 0.768. The van der Waals surface area contributed by atoms with Gasteiger partial charge in [-0.15, -0.1) is 0 Å². The van der Waals surface area contributed by atoms with E-state index in [0.717, 1.165) is 4.47 Å². The lowest BCUT2D eigenvalue weighted by molar-refractivity contribution is -0.0149. The minimum atomic E-state index is -0.0671. The molecule has 0 radical (unpaired) electrons. The zero-order valence-corrected chi connectivity index (χ0v) is 9.89. The van der Waals surface area contributed by atoms with Crippen LogP contribution in [-0.4, -0.2) is 5.60 Å². The molecule has 0 saturated heterocycles. The van der Waals surface area contributed by atoms with Gasteiger partial charge in [-0.3, -0.25) is 0 Å². The molecule has 0 aliphatic rings. The van der Waals surface area contributed by atoms with E-state index >= 15 is 0 Å². The molecule has 0 saturated carbocycles. The summed E-state index contributed by atoms with van der Waals surface area (Å²) < 4.78 is 6.75. The third-order valence-corrected chi connectivity index (χ3v) is 2.05. The molecule has 0 bridgehead atoms. The molecule has 0 heterocycles. The molecule has 2 heteroatoms. The zero-order valence-electron chi connectivity index (χ0n) is 8.30. The summed E-state index contributed by atoms with van der Waals surface area (Å²) in [7, 11) is 0. The maximum atomic E-state index is 5.65. The first-order valence-corrected chi connectivity index (χ1v) is 5.15. The van der Waals surface area contributed by atoms with E-state index in [4.69, 9.17) is 4.74 Å². The topological polar surface area (TPSA) is 9.23 Å². The summed E-state index contributed by atoms with van der Waals surface area (Å²) in [6, 6.07) is 8.17. The van der Waals surface area contributed by atoms with E-state index < -0.39 is 0 Å². The van der Waals surface area contributed by atoms with Crippen LogP contribution in [0.4, 0.5) is 0 Å². The first-order valence-electron chi connectivity index (χ1n) is 4.36. The van der Waals surface area contributed by atoms with Crippen molar-refractivity contribution in [2.24, 2.45) is 0 Å². The molecule has 0 spiro atoms. The fraction of sp³-hybridized carbons (Fsp3) is 0.455. The highest BCUT2D eigenvalue weighted by atomic mass is 79.9. The maximum Gasteiger partial charge on any atom is 0.0724 e. The summed E-state index contributed by atoms with van der Waals surface area (Å²) >= 11 is 3.43. The minimum absolute atomic E-state index is 0.0671. The van der Waals surface area contributed by atoms with E-state index in [-0.39, 0.29) is 5.60 Å². The second kappa shape index (κ2) is 4.25. The molecule has 0 amide bonds. The molecule has 72 valence electrons. The number of ether oxygens (including phenoxy) is 1. The zero-order chi connectivity index (χ0) is 9.90. The fourth-order valence-electron chi connectivity index (χ4n) is 0.927. The SMILES string of the molecule is CC(C)(C)OCc1cccc(Br)c1. The first-order chi connectivity index (χ1) is 5.97. The number of hydrogen-bond donors (Lipinski definition) is 0. The van der Waals surface area contributed by atoms with Crippen molar-refractivity contribution in [3.05, 3.63) is 34.3 Å². The Hall–Kier alpha value is -0.340. The van der Waals surface area contributed by atoms with Gasteiger partial charge in [0, 0.05) is 4.47 Å². The van der Waals surface area contributed by atoms with E-state index in [0.29, 0.717) is 6.61 Å². The molecule has 0 atom stereocenters. The predicted molar refractivity (Wildman–Crippen MR) is 58.7 cm³/mol. The molecule has 0 aliphatic heterocycles. The Kier molecular flexibility index (Phi) is 3.51. The van der Waals surface area contributed by atoms with Gasteiger partial charge in [0.15, 0.2) is 0 Å². The number of halogens is 1. The van der Waals surface area contributed by atoms with Crippen molar-refractivity contribution in [2.45, 2.75) is 33.0 Å². The van der Waals surface area contributed by atoms with Crippen LogP contribution < -0.4 is 0 Å². The summed E-state index contributed by atoms with van der Waals surface area (Å²) in [5, 5.41) is 0. The van der Waals surface area contributed by atoms with Gasteiger partial charge in [0.2, 0.25) is 0 Å². The molecular formula is C11H15BrO. The van der Waals surface area contributed by atoms with Gasteiger partial charge in [-0.1, -0.05) is 28.1 Å². The summed E-state index contributed by atoms with van der Waals surface area (Å²) in [6.07, 6.45) is 0. The van der Waals surface area contributed by atoms with Gasteiger partial charge in [0.05, 0.1) is 12.2 Å².